The van der Waals surface area contributed by atoms with Crippen molar-refractivity contribution in [1.82, 2.24) is 0 Å². The second kappa shape index (κ2) is 7.26. The first kappa shape index (κ1) is 16.3. The fourth-order valence-corrected chi connectivity index (χ4v) is 2.08. The van der Waals surface area contributed by atoms with Gasteiger partial charge in [-0.2, -0.15) is 0 Å². The van der Waals surface area contributed by atoms with E-state index in [1.807, 2.05) is 6.92 Å². The molecular weight excluding hydrogens is 296 g/mol. The zero-order valence-corrected chi connectivity index (χ0v) is 12.5. The Bertz CT molecular complexity index is 744. The van der Waals surface area contributed by atoms with Gasteiger partial charge in [0, 0.05) is 0 Å². The van der Waals surface area contributed by atoms with Crippen LogP contribution in [0.15, 0.2) is 48.5 Å². The van der Waals surface area contributed by atoms with E-state index in [0.29, 0.717) is 23.5 Å². The fourth-order valence-electron chi connectivity index (χ4n) is 2.08. The lowest BCUT2D eigenvalue weighted by Crippen LogP contribution is -2.01. The molecule has 0 unspecified atom stereocenters. The zero-order chi connectivity index (χ0) is 16.8. The highest BCUT2D eigenvalue weighted by molar-refractivity contribution is 6.20. The highest BCUT2D eigenvalue weighted by Crippen LogP contribution is 2.23. The van der Waals surface area contributed by atoms with Gasteiger partial charge < -0.3 is 14.9 Å². The van der Waals surface area contributed by atoms with Crippen molar-refractivity contribution in [2.24, 2.45) is 0 Å². The second-order valence-corrected chi connectivity index (χ2v) is 4.75. The molecule has 2 rings (SSSR count). The molecule has 0 saturated heterocycles. The van der Waals surface area contributed by atoms with Crippen LogP contribution < -0.4 is 4.74 Å². The molecule has 0 heterocycles. The molecular formula is C18H16O5. The molecule has 0 aromatic heterocycles. The van der Waals surface area contributed by atoms with Crippen molar-refractivity contribution in [3.05, 3.63) is 65.2 Å². The lowest BCUT2D eigenvalue weighted by molar-refractivity contribution is -0.130. The average molecular weight is 312 g/mol. The van der Waals surface area contributed by atoms with E-state index >= 15 is 0 Å². The van der Waals surface area contributed by atoms with Crippen LogP contribution in [0.25, 0.3) is 11.6 Å². The summed E-state index contributed by atoms with van der Waals surface area (Å²) in [6, 6.07) is 12.8. The maximum absolute atomic E-state index is 11.5. The Kier molecular flexibility index (Phi) is 5.15. The minimum absolute atomic E-state index is 0.106. The van der Waals surface area contributed by atoms with Crippen LogP contribution in [-0.2, 0) is 4.79 Å². The lowest BCUT2D eigenvalue weighted by Gasteiger charge is -2.07. The van der Waals surface area contributed by atoms with Crippen molar-refractivity contribution in [2.75, 3.05) is 6.61 Å². The maximum Gasteiger partial charge on any atom is 0.336 e. The monoisotopic (exact) mass is 312 g/mol. The van der Waals surface area contributed by atoms with Gasteiger partial charge in [0.1, 0.15) is 5.75 Å². The summed E-state index contributed by atoms with van der Waals surface area (Å²) in [5.74, 6) is -1.50. The Hall–Kier alpha value is -3.08. The number of rotatable bonds is 6. The van der Waals surface area contributed by atoms with Crippen LogP contribution in [0.2, 0.25) is 0 Å². The number of benzene rings is 2. The second-order valence-electron chi connectivity index (χ2n) is 4.75. The van der Waals surface area contributed by atoms with Gasteiger partial charge in [-0.15, -0.1) is 0 Å². The van der Waals surface area contributed by atoms with Gasteiger partial charge in [-0.25, -0.2) is 9.59 Å². The van der Waals surface area contributed by atoms with E-state index in [1.54, 1.807) is 36.4 Å². The van der Waals surface area contributed by atoms with Gasteiger partial charge in [-0.05, 0) is 48.4 Å². The Balaban J connectivity index is 2.39. The van der Waals surface area contributed by atoms with Gasteiger partial charge in [0.2, 0.25) is 0 Å². The van der Waals surface area contributed by atoms with E-state index in [9.17, 15) is 14.7 Å². The van der Waals surface area contributed by atoms with Gasteiger partial charge in [0.05, 0.1) is 17.7 Å². The Morgan fingerprint density at radius 2 is 1.74 bits per heavy atom. The van der Waals surface area contributed by atoms with Gasteiger partial charge in [-0.1, -0.05) is 24.3 Å². The molecule has 0 aliphatic rings. The third-order valence-electron chi connectivity index (χ3n) is 3.16. The summed E-state index contributed by atoms with van der Waals surface area (Å²) in [4.78, 5) is 22.4. The highest BCUT2D eigenvalue weighted by atomic mass is 16.5. The van der Waals surface area contributed by atoms with Crippen LogP contribution in [0.4, 0.5) is 0 Å². The van der Waals surface area contributed by atoms with Crippen LogP contribution in [0.3, 0.4) is 0 Å². The van der Waals surface area contributed by atoms with Crippen molar-refractivity contribution in [2.45, 2.75) is 6.92 Å². The minimum atomic E-state index is -1.07. The predicted molar refractivity (Wildman–Crippen MR) is 86.5 cm³/mol. The summed E-state index contributed by atoms with van der Waals surface area (Å²) in [5.41, 5.74) is 1.38. The third-order valence-corrected chi connectivity index (χ3v) is 3.16. The number of aliphatic carboxylic acids is 1. The van der Waals surface area contributed by atoms with Crippen molar-refractivity contribution in [3.63, 3.8) is 0 Å². The molecule has 23 heavy (non-hydrogen) atoms. The normalized spacial score (nSPS) is 11.1. The molecule has 0 aliphatic heterocycles. The van der Waals surface area contributed by atoms with Crippen molar-refractivity contribution >= 4 is 23.6 Å². The van der Waals surface area contributed by atoms with E-state index in [0.717, 1.165) is 0 Å². The molecule has 0 radical (unpaired) electrons. The number of ether oxygens (including phenoxy) is 1. The molecule has 118 valence electrons. The van der Waals surface area contributed by atoms with Crippen molar-refractivity contribution in [1.29, 1.82) is 0 Å². The van der Waals surface area contributed by atoms with Gasteiger partial charge in [-0.3, -0.25) is 0 Å². The maximum atomic E-state index is 11.5. The van der Waals surface area contributed by atoms with Gasteiger partial charge >= 0.3 is 11.9 Å². The summed E-state index contributed by atoms with van der Waals surface area (Å²) in [6.07, 6.45) is 1.50. The molecule has 2 aromatic rings. The lowest BCUT2D eigenvalue weighted by atomic mass is 10.0. The van der Waals surface area contributed by atoms with E-state index in [-0.39, 0.29) is 11.1 Å². The molecule has 0 fully saturated rings. The van der Waals surface area contributed by atoms with Crippen LogP contribution in [0.1, 0.15) is 28.4 Å². The van der Waals surface area contributed by atoms with Crippen LogP contribution in [-0.4, -0.2) is 28.8 Å². The van der Waals surface area contributed by atoms with Crippen LogP contribution in [0, 0.1) is 0 Å². The first-order chi connectivity index (χ1) is 11.0. The van der Waals surface area contributed by atoms with Crippen LogP contribution in [0.5, 0.6) is 5.75 Å². The van der Waals surface area contributed by atoms with E-state index in [4.69, 9.17) is 9.84 Å². The Labute approximate surface area is 133 Å². The number of aromatic carboxylic acids is 1. The molecule has 0 saturated carbocycles. The first-order valence-electron chi connectivity index (χ1n) is 7.03. The first-order valence-corrected chi connectivity index (χ1v) is 7.03. The van der Waals surface area contributed by atoms with Gasteiger partial charge in [0.25, 0.3) is 0 Å². The number of carboxylic acids is 2. The van der Waals surface area contributed by atoms with E-state index in [2.05, 4.69) is 0 Å². The van der Waals surface area contributed by atoms with E-state index in [1.165, 1.54) is 18.2 Å². The van der Waals surface area contributed by atoms with Crippen LogP contribution >= 0.6 is 0 Å². The summed E-state index contributed by atoms with van der Waals surface area (Å²) in [5, 5.41) is 18.3. The minimum Gasteiger partial charge on any atom is -0.494 e. The fraction of sp³-hybridized carbons (Fsp3) is 0.111. The summed E-state index contributed by atoms with van der Waals surface area (Å²) >= 11 is 0. The third kappa shape index (κ3) is 4.20. The molecule has 0 spiro atoms. The quantitative estimate of drug-likeness (QED) is 0.631. The SMILES string of the molecule is CCOc1cccc(/C(=C/c2ccc(C(=O)O)cc2)C(=O)O)c1. The zero-order valence-electron chi connectivity index (χ0n) is 12.5. The topological polar surface area (TPSA) is 83.8 Å². The molecule has 0 amide bonds. The summed E-state index contributed by atoms with van der Waals surface area (Å²) in [7, 11) is 0. The highest BCUT2D eigenvalue weighted by Gasteiger charge is 2.12. The molecule has 0 atom stereocenters. The summed E-state index contributed by atoms with van der Waals surface area (Å²) in [6.45, 7) is 2.34. The predicted octanol–water partition coefficient (Wildman–Crippen LogP) is 3.41. The Morgan fingerprint density at radius 1 is 1.04 bits per heavy atom. The van der Waals surface area contributed by atoms with E-state index < -0.39 is 11.9 Å². The average Bonchev–Trinajstić information content (AvgIpc) is 2.53. The molecule has 0 bridgehead atoms. The molecule has 2 aromatic carbocycles. The summed E-state index contributed by atoms with van der Waals surface area (Å²) < 4.78 is 5.38. The Morgan fingerprint density at radius 3 is 2.30 bits per heavy atom. The van der Waals surface area contributed by atoms with Crippen molar-refractivity contribution in [3.8, 4) is 5.75 Å². The molecule has 2 N–H and O–H groups in total. The standard InChI is InChI=1S/C18H16O5/c1-2-23-15-5-3-4-14(11-15)16(18(21)22)10-12-6-8-13(9-7-12)17(19)20/h3-11H,2H2,1H3,(H,19,20)(H,21,22)/b16-10-. The number of hydrogen-bond acceptors (Lipinski definition) is 3. The smallest absolute Gasteiger partial charge is 0.336 e. The number of carboxylic acid groups (broad SMARTS) is 2. The molecule has 5 nitrogen and oxygen atoms in total. The number of hydrogen-bond donors (Lipinski definition) is 2. The largest absolute Gasteiger partial charge is 0.494 e. The van der Waals surface area contributed by atoms with Gasteiger partial charge in [0.15, 0.2) is 0 Å². The van der Waals surface area contributed by atoms with Crippen molar-refractivity contribution < 1.29 is 24.5 Å². The molecule has 5 heteroatoms. The number of carbonyl (C=O) groups is 2. The molecule has 0 aliphatic carbocycles.